The predicted octanol–water partition coefficient (Wildman–Crippen LogP) is 2.22. The molecule has 3 rings (SSSR count). The largest absolute Gasteiger partial charge is 0.231 e. The summed E-state index contributed by atoms with van der Waals surface area (Å²) in [6, 6.07) is 7.88. The summed E-state index contributed by atoms with van der Waals surface area (Å²) in [5, 5.41) is 13.0. The molecular formula is C13H12N6S. The number of benzene rings is 1. The minimum absolute atomic E-state index is 0.618. The fourth-order valence-corrected chi connectivity index (χ4v) is 2.38. The number of aromatic nitrogens is 6. The molecule has 6 nitrogen and oxygen atoms in total. The van der Waals surface area contributed by atoms with E-state index in [4.69, 9.17) is 0 Å². The van der Waals surface area contributed by atoms with Gasteiger partial charge in [-0.15, -0.1) is 5.10 Å². The van der Waals surface area contributed by atoms with Gasteiger partial charge in [0.2, 0.25) is 5.16 Å². The van der Waals surface area contributed by atoms with Crippen LogP contribution >= 0.6 is 11.8 Å². The summed E-state index contributed by atoms with van der Waals surface area (Å²) in [6.07, 6.45) is 3.39. The van der Waals surface area contributed by atoms with E-state index in [0.29, 0.717) is 10.3 Å². The first-order valence-electron chi connectivity index (χ1n) is 6.05. The first-order valence-corrected chi connectivity index (χ1v) is 6.86. The van der Waals surface area contributed by atoms with Gasteiger partial charge < -0.3 is 0 Å². The fourth-order valence-electron chi connectivity index (χ4n) is 1.68. The summed E-state index contributed by atoms with van der Waals surface area (Å²) in [5.41, 5.74) is 3.36. The third-order valence-corrected chi connectivity index (χ3v) is 3.73. The monoisotopic (exact) mass is 284 g/mol. The Hall–Kier alpha value is -2.28. The molecule has 0 aliphatic rings. The highest BCUT2D eigenvalue weighted by Gasteiger charge is 2.11. The quantitative estimate of drug-likeness (QED) is 0.687. The van der Waals surface area contributed by atoms with E-state index >= 15 is 0 Å². The zero-order valence-electron chi connectivity index (χ0n) is 11.1. The SMILES string of the molecule is Cc1ccc(-n2nnnc2Sc2ncccn2)cc1C. The van der Waals surface area contributed by atoms with E-state index < -0.39 is 0 Å². The van der Waals surface area contributed by atoms with Crippen molar-refractivity contribution in [3.63, 3.8) is 0 Å². The normalized spacial score (nSPS) is 10.7. The van der Waals surface area contributed by atoms with Gasteiger partial charge in [-0.05, 0) is 65.4 Å². The minimum atomic E-state index is 0.618. The third kappa shape index (κ3) is 2.53. The molecule has 0 atom stereocenters. The fraction of sp³-hybridized carbons (Fsp3) is 0.154. The summed E-state index contributed by atoms with van der Waals surface area (Å²) in [7, 11) is 0. The Morgan fingerprint density at radius 1 is 1.05 bits per heavy atom. The molecule has 0 aliphatic carbocycles. The zero-order chi connectivity index (χ0) is 13.9. The lowest BCUT2D eigenvalue weighted by Crippen LogP contribution is -2.00. The third-order valence-electron chi connectivity index (χ3n) is 2.90. The molecule has 0 aliphatic heterocycles. The number of hydrogen-bond donors (Lipinski definition) is 0. The van der Waals surface area contributed by atoms with Crippen LogP contribution in [-0.2, 0) is 0 Å². The zero-order valence-corrected chi connectivity index (χ0v) is 11.9. The number of nitrogens with zero attached hydrogens (tertiary/aromatic N) is 6. The first kappa shape index (κ1) is 12.7. The summed E-state index contributed by atoms with van der Waals surface area (Å²) in [5.74, 6) is 0. The van der Waals surface area contributed by atoms with E-state index in [-0.39, 0.29) is 0 Å². The Kier molecular flexibility index (Phi) is 3.42. The highest BCUT2D eigenvalue weighted by Crippen LogP contribution is 2.24. The van der Waals surface area contributed by atoms with Crippen LogP contribution in [0.25, 0.3) is 5.69 Å². The molecule has 1 aromatic carbocycles. The van der Waals surface area contributed by atoms with Gasteiger partial charge in [0.15, 0.2) is 5.16 Å². The van der Waals surface area contributed by atoms with Gasteiger partial charge in [-0.3, -0.25) is 0 Å². The van der Waals surface area contributed by atoms with Crippen LogP contribution in [0.2, 0.25) is 0 Å². The van der Waals surface area contributed by atoms with Crippen molar-refractivity contribution in [3.8, 4) is 5.69 Å². The van der Waals surface area contributed by atoms with Gasteiger partial charge in [-0.1, -0.05) is 6.07 Å². The molecule has 3 aromatic rings. The standard InChI is InChI=1S/C13H12N6S/c1-9-4-5-11(8-10(9)2)19-13(16-17-18-19)20-12-14-6-3-7-15-12/h3-8H,1-2H3. The molecule has 0 amide bonds. The van der Waals surface area contributed by atoms with Crippen molar-refractivity contribution in [3.05, 3.63) is 47.8 Å². The highest BCUT2D eigenvalue weighted by atomic mass is 32.2. The van der Waals surface area contributed by atoms with Crippen LogP contribution in [0.15, 0.2) is 47.0 Å². The molecule has 0 unspecified atom stereocenters. The van der Waals surface area contributed by atoms with Crippen molar-refractivity contribution in [2.75, 3.05) is 0 Å². The van der Waals surface area contributed by atoms with E-state index in [9.17, 15) is 0 Å². The smallest absolute Gasteiger partial charge is 0.221 e. The molecule has 2 aromatic heterocycles. The lowest BCUT2D eigenvalue weighted by atomic mass is 10.1. The number of rotatable bonds is 3. The van der Waals surface area contributed by atoms with Crippen molar-refractivity contribution in [2.45, 2.75) is 24.2 Å². The second-order valence-corrected chi connectivity index (χ2v) is 5.21. The van der Waals surface area contributed by atoms with Crippen LogP contribution in [0.5, 0.6) is 0 Å². The maximum Gasteiger partial charge on any atom is 0.221 e. The molecule has 0 bridgehead atoms. The molecule has 100 valence electrons. The lowest BCUT2D eigenvalue weighted by molar-refractivity contribution is 0.753. The molecule has 0 radical (unpaired) electrons. The van der Waals surface area contributed by atoms with Crippen LogP contribution in [0.1, 0.15) is 11.1 Å². The average molecular weight is 284 g/mol. The Morgan fingerprint density at radius 3 is 2.60 bits per heavy atom. The van der Waals surface area contributed by atoms with Crippen molar-refractivity contribution in [2.24, 2.45) is 0 Å². The highest BCUT2D eigenvalue weighted by molar-refractivity contribution is 7.99. The van der Waals surface area contributed by atoms with Crippen molar-refractivity contribution >= 4 is 11.8 Å². The van der Waals surface area contributed by atoms with Crippen LogP contribution in [0.4, 0.5) is 0 Å². The van der Waals surface area contributed by atoms with E-state index in [2.05, 4.69) is 51.5 Å². The molecule has 0 saturated heterocycles. The van der Waals surface area contributed by atoms with E-state index in [1.165, 1.54) is 22.9 Å². The van der Waals surface area contributed by atoms with Crippen LogP contribution in [0.3, 0.4) is 0 Å². The van der Waals surface area contributed by atoms with Crippen molar-refractivity contribution < 1.29 is 0 Å². The number of hydrogen-bond acceptors (Lipinski definition) is 6. The van der Waals surface area contributed by atoms with Gasteiger partial charge in [0.1, 0.15) is 0 Å². The Labute approximate surface area is 120 Å². The Bertz CT molecular complexity index is 725. The molecular weight excluding hydrogens is 272 g/mol. The van der Waals surface area contributed by atoms with Gasteiger partial charge in [-0.2, -0.15) is 4.68 Å². The van der Waals surface area contributed by atoms with Gasteiger partial charge in [0.05, 0.1) is 5.69 Å². The van der Waals surface area contributed by atoms with Gasteiger partial charge in [-0.25, -0.2) is 9.97 Å². The van der Waals surface area contributed by atoms with Crippen LogP contribution in [0, 0.1) is 13.8 Å². The summed E-state index contributed by atoms with van der Waals surface area (Å²) >= 11 is 1.33. The Morgan fingerprint density at radius 2 is 1.85 bits per heavy atom. The second-order valence-electron chi connectivity index (χ2n) is 4.28. The molecule has 0 N–H and O–H groups in total. The predicted molar refractivity (Wildman–Crippen MR) is 74.8 cm³/mol. The van der Waals surface area contributed by atoms with Crippen LogP contribution < -0.4 is 0 Å². The summed E-state index contributed by atoms with van der Waals surface area (Å²) in [6.45, 7) is 4.14. The van der Waals surface area contributed by atoms with Gasteiger partial charge >= 0.3 is 0 Å². The maximum atomic E-state index is 4.16. The summed E-state index contributed by atoms with van der Waals surface area (Å²) in [4.78, 5) is 8.33. The van der Waals surface area contributed by atoms with E-state index in [1.807, 2.05) is 6.07 Å². The molecule has 2 heterocycles. The van der Waals surface area contributed by atoms with Crippen molar-refractivity contribution in [1.82, 2.24) is 30.2 Å². The van der Waals surface area contributed by atoms with Gasteiger partial charge in [0.25, 0.3) is 0 Å². The van der Waals surface area contributed by atoms with E-state index in [1.54, 1.807) is 23.1 Å². The second kappa shape index (κ2) is 5.38. The number of aryl methyl sites for hydroxylation is 2. The molecule has 20 heavy (non-hydrogen) atoms. The minimum Gasteiger partial charge on any atom is -0.231 e. The van der Waals surface area contributed by atoms with Gasteiger partial charge in [0, 0.05) is 12.4 Å². The average Bonchev–Trinajstić information content (AvgIpc) is 2.91. The maximum absolute atomic E-state index is 4.16. The topological polar surface area (TPSA) is 69.4 Å². The molecule has 7 heteroatoms. The molecule has 0 spiro atoms. The molecule has 0 fully saturated rings. The van der Waals surface area contributed by atoms with E-state index in [0.717, 1.165) is 5.69 Å². The Balaban J connectivity index is 1.95. The lowest BCUT2D eigenvalue weighted by Gasteiger charge is -2.06. The summed E-state index contributed by atoms with van der Waals surface area (Å²) < 4.78 is 1.69. The van der Waals surface area contributed by atoms with Crippen molar-refractivity contribution in [1.29, 1.82) is 0 Å². The molecule has 0 saturated carbocycles. The number of tetrazole rings is 1. The van der Waals surface area contributed by atoms with Crippen LogP contribution in [-0.4, -0.2) is 30.2 Å². The first-order chi connectivity index (χ1) is 9.74.